The molecule has 1 atom stereocenters. The van der Waals surface area contributed by atoms with Gasteiger partial charge in [-0.1, -0.05) is 36.4 Å². The molecule has 0 N–H and O–H groups in total. The Morgan fingerprint density at radius 3 is 2.09 bits per heavy atom. The van der Waals surface area contributed by atoms with Gasteiger partial charge in [0.15, 0.2) is 0 Å². The molecular formula is C44H66F3N3O4. The quantitative estimate of drug-likeness (QED) is 0.215. The highest BCUT2D eigenvalue weighted by molar-refractivity contribution is 5.68. The summed E-state index contributed by atoms with van der Waals surface area (Å²) in [6.45, 7) is 18.4. The largest absolute Gasteiger partial charge is 0.497 e. The fourth-order valence-electron chi connectivity index (χ4n) is 8.90. The molecule has 3 aliphatic rings. The van der Waals surface area contributed by atoms with E-state index in [9.17, 15) is 18.0 Å². The Balaban J connectivity index is 1.19. The number of hydrogen-bond acceptors (Lipinski definition) is 6. The molecule has 54 heavy (non-hydrogen) atoms. The number of benzene rings is 2. The van der Waals surface area contributed by atoms with E-state index in [2.05, 4.69) is 55.1 Å². The maximum absolute atomic E-state index is 14.3. The summed E-state index contributed by atoms with van der Waals surface area (Å²) in [6.07, 6.45) is 2.46. The van der Waals surface area contributed by atoms with Crippen molar-refractivity contribution in [2.45, 2.75) is 129 Å². The minimum atomic E-state index is -4.31. The monoisotopic (exact) mass is 758 g/mol. The molecule has 0 unspecified atom stereocenters. The highest BCUT2D eigenvalue weighted by Crippen LogP contribution is 2.45. The Morgan fingerprint density at radius 2 is 1.54 bits per heavy atom. The molecule has 0 spiro atoms. The number of methoxy groups -OCH3 is 1. The number of hydrogen-bond donors (Lipinski definition) is 0. The van der Waals surface area contributed by atoms with E-state index in [0.717, 1.165) is 63.1 Å². The van der Waals surface area contributed by atoms with Gasteiger partial charge in [0.05, 0.1) is 18.1 Å². The Morgan fingerprint density at radius 1 is 0.907 bits per heavy atom. The summed E-state index contributed by atoms with van der Waals surface area (Å²) in [6, 6.07) is 16.9. The van der Waals surface area contributed by atoms with Crippen LogP contribution in [0.3, 0.4) is 0 Å². The van der Waals surface area contributed by atoms with Crippen LogP contribution in [0.2, 0.25) is 0 Å². The van der Waals surface area contributed by atoms with E-state index in [0.29, 0.717) is 44.6 Å². The molecule has 0 radical (unpaired) electrons. The van der Waals surface area contributed by atoms with E-state index in [1.54, 1.807) is 7.11 Å². The van der Waals surface area contributed by atoms with Crippen LogP contribution in [0.15, 0.2) is 48.5 Å². The lowest BCUT2D eigenvalue weighted by Gasteiger charge is -2.46. The maximum atomic E-state index is 14.3. The third-order valence-corrected chi connectivity index (χ3v) is 12.1. The number of carbonyl (C=O) groups excluding carboxylic acids is 1. The van der Waals surface area contributed by atoms with Crippen LogP contribution in [0, 0.1) is 11.3 Å². The minimum Gasteiger partial charge on any atom is -0.497 e. The van der Waals surface area contributed by atoms with Crippen molar-refractivity contribution in [3.05, 3.63) is 65.2 Å². The second kappa shape index (κ2) is 17.1. The minimum absolute atomic E-state index is 0.0725. The van der Waals surface area contributed by atoms with E-state index < -0.39 is 17.2 Å². The molecular weight excluding hydrogens is 691 g/mol. The molecule has 0 aromatic heterocycles. The van der Waals surface area contributed by atoms with Crippen molar-refractivity contribution in [1.29, 1.82) is 0 Å². The van der Waals surface area contributed by atoms with Gasteiger partial charge in [0.2, 0.25) is 0 Å². The summed E-state index contributed by atoms with van der Waals surface area (Å²) >= 11 is 0. The van der Waals surface area contributed by atoms with E-state index in [1.165, 1.54) is 37.8 Å². The maximum Gasteiger partial charge on any atom is 0.410 e. The fourth-order valence-corrected chi connectivity index (χ4v) is 8.90. The van der Waals surface area contributed by atoms with Crippen LogP contribution in [-0.2, 0) is 21.4 Å². The molecule has 302 valence electrons. The number of amides is 1. The molecule has 2 saturated heterocycles. The lowest BCUT2D eigenvalue weighted by atomic mass is 9.67. The molecule has 3 fully saturated rings. The molecule has 1 saturated carbocycles. The average Bonchev–Trinajstić information content (AvgIpc) is 3.10. The van der Waals surface area contributed by atoms with E-state index in [-0.39, 0.29) is 23.7 Å². The number of rotatable bonds is 12. The van der Waals surface area contributed by atoms with Gasteiger partial charge in [-0.05, 0) is 141 Å². The third kappa shape index (κ3) is 11.4. The zero-order chi connectivity index (χ0) is 39.4. The highest BCUT2D eigenvalue weighted by atomic mass is 19.4. The van der Waals surface area contributed by atoms with Gasteiger partial charge in [-0.3, -0.25) is 9.80 Å². The van der Waals surface area contributed by atoms with Crippen LogP contribution < -0.4 is 4.74 Å². The molecule has 1 aliphatic carbocycles. The molecule has 5 rings (SSSR count). The zero-order valence-electron chi connectivity index (χ0n) is 34.2. The van der Waals surface area contributed by atoms with Crippen LogP contribution in [0.4, 0.5) is 18.0 Å². The topological polar surface area (TPSA) is 54.5 Å². The molecule has 2 aliphatic heterocycles. The second-order valence-electron chi connectivity index (χ2n) is 18.6. The van der Waals surface area contributed by atoms with Crippen LogP contribution in [0.25, 0.3) is 0 Å². The zero-order valence-corrected chi connectivity index (χ0v) is 34.2. The molecule has 0 bridgehead atoms. The Hall–Kier alpha value is -2.82. The van der Waals surface area contributed by atoms with Crippen molar-refractivity contribution in [1.82, 2.24) is 14.7 Å². The Kier molecular flexibility index (Phi) is 13.4. The van der Waals surface area contributed by atoms with Crippen molar-refractivity contribution in [2.75, 3.05) is 59.5 Å². The van der Waals surface area contributed by atoms with Crippen molar-refractivity contribution >= 4 is 6.09 Å². The van der Waals surface area contributed by atoms with Gasteiger partial charge in [-0.25, -0.2) is 4.79 Å². The van der Waals surface area contributed by atoms with Crippen molar-refractivity contribution < 1.29 is 32.2 Å². The van der Waals surface area contributed by atoms with Crippen LogP contribution in [-0.4, -0.2) is 97.7 Å². The predicted molar refractivity (Wildman–Crippen MR) is 209 cm³/mol. The first-order valence-electron chi connectivity index (χ1n) is 20.1. The summed E-state index contributed by atoms with van der Waals surface area (Å²) in [5.74, 6) is 1.94. The van der Waals surface area contributed by atoms with Gasteiger partial charge in [0.1, 0.15) is 11.4 Å². The molecule has 2 aromatic rings. The number of halogens is 3. The highest BCUT2D eigenvalue weighted by Gasteiger charge is 2.48. The van der Waals surface area contributed by atoms with Crippen LogP contribution in [0.5, 0.6) is 5.75 Å². The lowest BCUT2D eigenvalue weighted by molar-refractivity contribution is -0.217. The van der Waals surface area contributed by atoms with Gasteiger partial charge in [0, 0.05) is 57.8 Å². The lowest BCUT2D eigenvalue weighted by Crippen LogP contribution is -2.51. The number of nitrogens with zero attached hydrogens (tertiary/aromatic N) is 3. The van der Waals surface area contributed by atoms with Gasteiger partial charge < -0.3 is 19.1 Å². The number of alkyl halides is 3. The summed E-state index contributed by atoms with van der Waals surface area (Å²) in [4.78, 5) is 18.8. The molecule has 1 amide bonds. The van der Waals surface area contributed by atoms with Crippen LogP contribution in [0.1, 0.15) is 116 Å². The first kappa shape index (κ1) is 42.3. The van der Waals surface area contributed by atoms with Crippen molar-refractivity contribution in [3.8, 4) is 5.75 Å². The summed E-state index contributed by atoms with van der Waals surface area (Å²) in [5.41, 5.74) is 0.685. The number of carbonyl (C=O) groups is 1. The molecule has 2 heterocycles. The number of ether oxygens (including phenoxy) is 3. The summed E-state index contributed by atoms with van der Waals surface area (Å²) < 4.78 is 59.9. The Labute approximate surface area is 322 Å². The van der Waals surface area contributed by atoms with Crippen molar-refractivity contribution in [3.63, 3.8) is 0 Å². The summed E-state index contributed by atoms with van der Waals surface area (Å²) in [7, 11) is 1.65. The van der Waals surface area contributed by atoms with Crippen molar-refractivity contribution in [2.24, 2.45) is 11.3 Å². The van der Waals surface area contributed by atoms with Gasteiger partial charge in [-0.15, -0.1) is 0 Å². The van der Waals surface area contributed by atoms with Gasteiger partial charge in [0.25, 0.3) is 0 Å². The molecule has 2 aromatic carbocycles. The first-order valence-corrected chi connectivity index (χ1v) is 20.1. The normalized spacial score (nSPS) is 24.4. The number of piperazine rings is 1. The Bertz CT molecular complexity index is 1490. The smallest absolute Gasteiger partial charge is 0.410 e. The third-order valence-electron chi connectivity index (χ3n) is 12.1. The van der Waals surface area contributed by atoms with E-state index in [1.807, 2.05) is 42.7 Å². The van der Waals surface area contributed by atoms with Gasteiger partial charge in [-0.2, -0.15) is 13.2 Å². The predicted octanol–water partition coefficient (Wildman–Crippen LogP) is 9.83. The van der Waals surface area contributed by atoms with E-state index >= 15 is 0 Å². The standard InChI is InChI=1S/C44H66F3N3O4/c1-40(2,3)54-39(51)50-26-24-48(25-27-50)29-33-9-13-35(14-10-33)36-15-11-34(12-16-36)30-49(32-41(4,5)44(45,46)47)23-21-43(22-28-53-42(6,7)31-43)37-17-19-38(52-8)20-18-37/h11-12,15-20,33,35H,9-10,13-14,21-32H2,1-8H3/t33-,35-,43-/m1/s1. The van der Waals surface area contributed by atoms with Gasteiger partial charge >= 0.3 is 12.3 Å². The molecule has 10 heteroatoms. The molecule has 7 nitrogen and oxygen atoms in total. The summed E-state index contributed by atoms with van der Waals surface area (Å²) in [5, 5.41) is 0. The second-order valence-corrected chi connectivity index (χ2v) is 18.6. The van der Waals surface area contributed by atoms with Crippen LogP contribution >= 0.6 is 0 Å². The first-order chi connectivity index (χ1) is 25.3. The average molecular weight is 758 g/mol. The SMILES string of the molecule is COc1ccc([C@]2(CCN(Cc3ccc([C@H]4CC[C@H](CN5CCN(C(=O)OC(C)(C)C)CC5)CC4)cc3)CC(C)(C)C(F)(F)F)CCOC(C)(C)C2)cc1. The fraction of sp³-hybridized carbons (Fsp3) is 0.705. The van der Waals surface area contributed by atoms with E-state index in [4.69, 9.17) is 14.2 Å².